The molecule has 0 aliphatic rings. The van der Waals surface area contributed by atoms with Gasteiger partial charge in [0.1, 0.15) is 11.5 Å². The molecule has 0 spiro atoms. The Morgan fingerprint density at radius 2 is 1.84 bits per heavy atom. The van der Waals surface area contributed by atoms with E-state index in [0.717, 1.165) is 6.42 Å². The molecule has 0 atom stereocenters. The number of rotatable bonds is 8. The van der Waals surface area contributed by atoms with E-state index in [0.29, 0.717) is 34.9 Å². The second-order valence-electron chi connectivity index (χ2n) is 5.43. The van der Waals surface area contributed by atoms with Crippen LogP contribution < -0.4 is 14.8 Å². The van der Waals surface area contributed by atoms with Crippen LogP contribution in [0, 0.1) is 0 Å². The van der Waals surface area contributed by atoms with Gasteiger partial charge in [-0.1, -0.05) is 19.1 Å². The molecule has 0 aromatic heterocycles. The Hall–Kier alpha value is -3.02. The van der Waals surface area contributed by atoms with Crippen LogP contribution in [0.2, 0.25) is 0 Å². The van der Waals surface area contributed by atoms with E-state index in [-0.39, 0.29) is 12.3 Å². The third kappa shape index (κ3) is 5.24. The predicted octanol–water partition coefficient (Wildman–Crippen LogP) is 3.36. The van der Waals surface area contributed by atoms with Crippen LogP contribution in [-0.4, -0.2) is 30.7 Å². The molecule has 0 heterocycles. The molecule has 1 amide bonds. The van der Waals surface area contributed by atoms with Crippen molar-refractivity contribution in [2.45, 2.75) is 19.8 Å². The first-order valence-electron chi connectivity index (χ1n) is 7.96. The van der Waals surface area contributed by atoms with Crippen molar-refractivity contribution in [3.63, 3.8) is 0 Å². The van der Waals surface area contributed by atoms with Crippen molar-refractivity contribution in [2.75, 3.05) is 19.0 Å². The normalized spacial score (nSPS) is 10.2. The van der Waals surface area contributed by atoms with Crippen LogP contribution in [-0.2, 0) is 11.2 Å². The third-order valence-corrected chi connectivity index (χ3v) is 3.46. The number of nitrogens with one attached hydrogen (secondary N) is 1. The molecule has 0 radical (unpaired) electrons. The Morgan fingerprint density at radius 3 is 2.44 bits per heavy atom. The summed E-state index contributed by atoms with van der Waals surface area (Å²) in [5.41, 5.74) is 1.65. The van der Waals surface area contributed by atoms with E-state index in [2.05, 4.69) is 5.32 Å². The zero-order valence-corrected chi connectivity index (χ0v) is 14.2. The lowest BCUT2D eigenvalue weighted by atomic mass is 10.1. The molecule has 0 unspecified atom stereocenters. The van der Waals surface area contributed by atoms with Gasteiger partial charge in [0.25, 0.3) is 5.91 Å². The maximum absolute atomic E-state index is 12.5. The first-order valence-corrected chi connectivity index (χ1v) is 7.96. The molecule has 2 N–H and O–H groups in total. The molecule has 0 saturated carbocycles. The summed E-state index contributed by atoms with van der Waals surface area (Å²) in [6, 6.07) is 11.7. The van der Waals surface area contributed by atoms with E-state index in [1.165, 1.54) is 0 Å². The smallest absolute Gasteiger partial charge is 0.307 e. The van der Waals surface area contributed by atoms with Gasteiger partial charge in [-0.25, -0.2) is 0 Å². The lowest BCUT2D eigenvalue weighted by Crippen LogP contribution is -2.14. The monoisotopic (exact) mass is 343 g/mol. The number of carbonyl (C=O) groups is 2. The number of hydrogen-bond donors (Lipinski definition) is 2. The number of hydrogen-bond acceptors (Lipinski definition) is 4. The van der Waals surface area contributed by atoms with Crippen LogP contribution in [0.25, 0.3) is 0 Å². The summed E-state index contributed by atoms with van der Waals surface area (Å²) in [6.07, 6.45) is 0.769. The van der Waals surface area contributed by atoms with Crippen LogP contribution in [0.1, 0.15) is 29.3 Å². The maximum Gasteiger partial charge on any atom is 0.307 e. The average Bonchev–Trinajstić information content (AvgIpc) is 2.60. The van der Waals surface area contributed by atoms with E-state index >= 15 is 0 Å². The number of carboxylic acids is 1. The lowest BCUT2D eigenvalue weighted by molar-refractivity contribution is -0.136. The molecule has 0 bridgehead atoms. The van der Waals surface area contributed by atoms with E-state index in [4.69, 9.17) is 14.6 Å². The molecule has 6 nitrogen and oxygen atoms in total. The number of carboxylic acid groups (broad SMARTS) is 1. The van der Waals surface area contributed by atoms with Gasteiger partial charge >= 0.3 is 5.97 Å². The van der Waals surface area contributed by atoms with Crippen molar-refractivity contribution in [2.24, 2.45) is 0 Å². The summed E-state index contributed by atoms with van der Waals surface area (Å²) in [7, 11) is 1.55. The highest BCUT2D eigenvalue weighted by Crippen LogP contribution is 2.26. The fourth-order valence-electron chi connectivity index (χ4n) is 2.23. The molecular formula is C19H21NO5. The van der Waals surface area contributed by atoms with Crippen LogP contribution in [0.5, 0.6) is 11.5 Å². The molecule has 2 aromatic carbocycles. The molecule has 6 heteroatoms. The molecule has 2 aromatic rings. The molecule has 0 saturated heterocycles. The zero-order chi connectivity index (χ0) is 18.2. The van der Waals surface area contributed by atoms with Crippen molar-refractivity contribution in [3.8, 4) is 11.5 Å². The van der Waals surface area contributed by atoms with Crippen molar-refractivity contribution >= 4 is 17.6 Å². The van der Waals surface area contributed by atoms with Crippen molar-refractivity contribution < 1.29 is 24.2 Å². The molecule has 0 aliphatic carbocycles. The third-order valence-electron chi connectivity index (χ3n) is 3.46. The number of benzene rings is 2. The summed E-state index contributed by atoms with van der Waals surface area (Å²) < 4.78 is 10.8. The van der Waals surface area contributed by atoms with Gasteiger partial charge in [0.2, 0.25) is 0 Å². The van der Waals surface area contributed by atoms with Crippen LogP contribution in [0.15, 0.2) is 42.5 Å². The van der Waals surface area contributed by atoms with E-state index in [9.17, 15) is 9.59 Å². The number of amides is 1. The highest BCUT2D eigenvalue weighted by atomic mass is 16.5. The Bertz CT molecular complexity index is 740. The van der Waals surface area contributed by atoms with Gasteiger partial charge in [-0.05, 0) is 36.2 Å². The summed E-state index contributed by atoms with van der Waals surface area (Å²) in [5.74, 6) is -0.130. The Kier molecular flexibility index (Phi) is 6.39. The van der Waals surface area contributed by atoms with Crippen molar-refractivity contribution in [1.29, 1.82) is 0 Å². The average molecular weight is 343 g/mol. The molecule has 2 rings (SSSR count). The van der Waals surface area contributed by atoms with E-state index < -0.39 is 5.97 Å². The van der Waals surface area contributed by atoms with Gasteiger partial charge in [0.05, 0.1) is 25.7 Å². The minimum atomic E-state index is -0.896. The Labute approximate surface area is 146 Å². The quantitative estimate of drug-likeness (QED) is 0.768. The second-order valence-corrected chi connectivity index (χ2v) is 5.43. The van der Waals surface area contributed by atoms with E-state index in [1.54, 1.807) is 49.6 Å². The summed E-state index contributed by atoms with van der Waals surface area (Å²) >= 11 is 0. The minimum absolute atomic E-state index is 0.0539. The standard InChI is InChI=1S/C19H21NO5/c1-3-10-25-17-12-15(24-2)8-9-16(17)19(23)20-14-6-4-13(5-7-14)11-18(21)22/h4-9,12H,3,10-11H2,1-2H3,(H,20,23)(H,21,22). The summed E-state index contributed by atoms with van der Waals surface area (Å²) in [5, 5.41) is 11.6. The van der Waals surface area contributed by atoms with Crippen LogP contribution in [0.4, 0.5) is 5.69 Å². The first-order chi connectivity index (χ1) is 12.0. The fourth-order valence-corrected chi connectivity index (χ4v) is 2.23. The predicted molar refractivity (Wildman–Crippen MR) is 94.5 cm³/mol. The van der Waals surface area contributed by atoms with Gasteiger partial charge in [0, 0.05) is 11.8 Å². The minimum Gasteiger partial charge on any atom is -0.497 e. The Morgan fingerprint density at radius 1 is 1.12 bits per heavy atom. The van der Waals surface area contributed by atoms with Gasteiger partial charge in [-0.3, -0.25) is 9.59 Å². The highest BCUT2D eigenvalue weighted by molar-refractivity contribution is 6.06. The van der Waals surface area contributed by atoms with Gasteiger partial charge in [-0.2, -0.15) is 0 Å². The van der Waals surface area contributed by atoms with Gasteiger partial charge < -0.3 is 19.9 Å². The van der Waals surface area contributed by atoms with Gasteiger partial charge in [0.15, 0.2) is 0 Å². The fraction of sp³-hybridized carbons (Fsp3) is 0.263. The van der Waals surface area contributed by atoms with Crippen LogP contribution in [0.3, 0.4) is 0 Å². The van der Waals surface area contributed by atoms with Gasteiger partial charge in [-0.15, -0.1) is 0 Å². The maximum atomic E-state index is 12.5. The number of ether oxygens (including phenoxy) is 2. The van der Waals surface area contributed by atoms with E-state index in [1.807, 2.05) is 6.92 Å². The molecule has 132 valence electrons. The summed E-state index contributed by atoms with van der Waals surface area (Å²) in [6.45, 7) is 2.48. The van der Waals surface area contributed by atoms with Crippen molar-refractivity contribution in [3.05, 3.63) is 53.6 Å². The molecule has 25 heavy (non-hydrogen) atoms. The summed E-state index contributed by atoms with van der Waals surface area (Å²) in [4.78, 5) is 23.2. The lowest BCUT2D eigenvalue weighted by Gasteiger charge is -2.13. The number of aliphatic carboxylic acids is 1. The SMILES string of the molecule is CCCOc1cc(OC)ccc1C(=O)Nc1ccc(CC(=O)O)cc1. The second kappa shape index (κ2) is 8.73. The van der Waals surface area contributed by atoms with Crippen LogP contribution >= 0.6 is 0 Å². The first kappa shape index (κ1) is 18.3. The molecular weight excluding hydrogens is 322 g/mol. The molecule has 0 aliphatic heterocycles. The number of carbonyl (C=O) groups excluding carboxylic acids is 1. The Balaban J connectivity index is 2.15. The number of anilines is 1. The topological polar surface area (TPSA) is 84.9 Å². The zero-order valence-electron chi connectivity index (χ0n) is 14.2. The largest absolute Gasteiger partial charge is 0.497 e. The number of methoxy groups -OCH3 is 1. The molecule has 0 fully saturated rings. The van der Waals surface area contributed by atoms with Crippen molar-refractivity contribution in [1.82, 2.24) is 0 Å². The highest BCUT2D eigenvalue weighted by Gasteiger charge is 2.14.